The summed E-state index contributed by atoms with van der Waals surface area (Å²) in [6, 6.07) is 16.9. The molecule has 2 aromatic rings. The maximum atomic E-state index is 9.46. The van der Waals surface area contributed by atoms with E-state index < -0.39 is 5.54 Å². The smallest absolute Gasteiger partial charge is 0.115 e. The first-order valence-electron chi connectivity index (χ1n) is 7.24. The van der Waals surface area contributed by atoms with E-state index in [1.807, 2.05) is 50.2 Å². The fourth-order valence-electron chi connectivity index (χ4n) is 1.97. The Hall–Kier alpha value is -1.23. The number of amidine groups is 1. The van der Waals surface area contributed by atoms with Gasteiger partial charge in [0, 0.05) is 32.7 Å². The van der Waals surface area contributed by atoms with Crippen molar-refractivity contribution in [1.29, 1.82) is 0 Å². The van der Waals surface area contributed by atoms with Crippen LogP contribution < -0.4 is 0 Å². The molecule has 0 aliphatic heterocycles. The third-order valence-corrected chi connectivity index (χ3v) is 3.41. The zero-order chi connectivity index (χ0) is 16.0. The van der Waals surface area contributed by atoms with Crippen molar-refractivity contribution in [2.75, 3.05) is 0 Å². The molecule has 0 spiro atoms. The van der Waals surface area contributed by atoms with Crippen LogP contribution in [0.2, 0.25) is 0 Å². The summed E-state index contributed by atoms with van der Waals surface area (Å²) < 4.78 is 0. The minimum absolute atomic E-state index is 0. The van der Waals surface area contributed by atoms with Crippen LogP contribution in [-0.4, -0.2) is 16.5 Å². The second kappa shape index (κ2) is 9.16. The van der Waals surface area contributed by atoms with Gasteiger partial charge in [-0.15, -0.1) is 17.9 Å². The van der Waals surface area contributed by atoms with E-state index in [2.05, 4.69) is 10.3 Å². The van der Waals surface area contributed by atoms with Gasteiger partial charge in [-0.05, 0) is 24.2 Å². The number of hydrogen-bond acceptors (Lipinski definition) is 2. The van der Waals surface area contributed by atoms with Gasteiger partial charge in [-0.2, -0.15) is 0 Å². The van der Waals surface area contributed by atoms with E-state index in [4.69, 9.17) is 5.73 Å². The number of aliphatic imine (C=N–C) groups is 1. The van der Waals surface area contributed by atoms with Crippen LogP contribution in [0.1, 0.15) is 25.0 Å². The van der Waals surface area contributed by atoms with E-state index in [9.17, 15) is 5.11 Å². The summed E-state index contributed by atoms with van der Waals surface area (Å²) in [5.41, 5.74) is 9.49. The molecule has 0 atom stereocenters. The molecule has 4 nitrogen and oxygen atoms in total. The summed E-state index contributed by atoms with van der Waals surface area (Å²) in [5, 5.41) is 14.0. The fraction of sp³-hybridized carbons (Fsp3) is 0.278. The summed E-state index contributed by atoms with van der Waals surface area (Å²) in [4.78, 5) is 4.34. The predicted molar refractivity (Wildman–Crippen MR) is 91.2 cm³/mol. The van der Waals surface area contributed by atoms with Gasteiger partial charge in [0.2, 0.25) is 0 Å². The van der Waals surface area contributed by atoms with Gasteiger partial charge in [0.25, 0.3) is 0 Å². The van der Waals surface area contributed by atoms with Gasteiger partial charge in [0.05, 0.1) is 0 Å². The van der Waals surface area contributed by atoms with Crippen LogP contribution in [0.4, 0.5) is 0 Å². The molecule has 5 heteroatoms. The van der Waals surface area contributed by atoms with Crippen LogP contribution in [0, 0.1) is 0 Å². The van der Waals surface area contributed by atoms with Crippen LogP contribution in [-0.2, 0) is 45.8 Å². The Morgan fingerprint density at radius 3 is 2.39 bits per heavy atom. The van der Waals surface area contributed by atoms with Crippen LogP contribution >= 0.6 is 0 Å². The van der Waals surface area contributed by atoms with Crippen LogP contribution in [0.15, 0.2) is 59.6 Å². The quantitative estimate of drug-likeness (QED) is 0.570. The van der Waals surface area contributed by atoms with Crippen LogP contribution in [0.25, 0.3) is 11.1 Å². The number of hydrogen-bond donors (Lipinski definition) is 1. The first kappa shape index (κ1) is 19.8. The van der Waals surface area contributed by atoms with Gasteiger partial charge in [-0.3, -0.25) is 0 Å². The molecule has 1 radical (unpaired) electrons. The first-order chi connectivity index (χ1) is 10.5. The largest absolute Gasteiger partial charge is 0.650 e. The Balaban J connectivity index is 0.00000264. The standard InChI is InChI=1S/C18H21N3O.Y/c1-18(2,21-13-15-9-6-10-16(22)11-15)17(19)20-12-14-7-4-3-5-8-14;/h3-11H,12-13H2,1-2H3,(H2-,19,20,22);/q-2;. The number of phenols is 1. The van der Waals surface area contributed by atoms with Gasteiger partial charge < -0.3 is 21.1 Å². The molecule has 0 saturated heterocycles. The normalized spacial score (nSPS) is 11.8. The van der Waals surface area contributed by atoms with Gasteiger partial charge in [0.1, 0.15) is 5.75 Å². The Labute approximate surface area is 163 Å². The predicted octanol–water partition coefficient (Wildman–Crippen LogP) is 4.69. The molecule has 0 aromatic heterocycles. The van der Waals surface area contributed by atoms with Crippen molar-refractivity contribution in [3.63, 3.8) is 0 Å². The van der Waals surface area contributed by atoms with E-state index in [-0.39, 0.29) is 44.3 Å². The zero-order valence-electron chi connectivity index (χ0n) is 13.5. The molecule has 23 heavy (non-hydrogen) atoms. The summed E-state index contributed by atoms with van der Waals surface area (Å²) in [7, 11) is 0. The first-order valence-corrected chi connectivity index (χ1v) is 7.24. The topological polar surface area (TPSA) is 70.5 Å². The van der Waals surface area contributed by atoms with Crippen molar-refractivity contribution in [1.82, 2.24) is 0 Å². The van der Waals surface area contributed by atoms with Crippen molar-refractivity contribution in [3.8, 4) is 5.75 Å². The SMILES string of the molecule is CC(C)([N-]Cc1cccc(O)c1)C([NH-])=NCc1ccccc1.[Y]. The van der Waals surface area contributed by atoms with E-state index in [0.717, 1.165) is 11.1 Å². The number of nitrogens with zero attached hydrogens (tertiary/aromatic N) is 2. The minimum Gasteiger partial charge on any atom is -0.650 e. The second-order valence-corrected chi connectivity index (χ2v) is 5.70. The molecule has 0 fully saturated rings. The molecule has 0 amide bonds. The average molecular weight is 384 g/mol. The summed E-state index contributed by atoms with van der Waals surface area (Å²) in [6.45, 7) is 4.70. The molecule has 2 aromatic carbocycles. The van der Waals surface area contributed by atoms with Crippen LogP contribution in [0.3, 0.4) is 0 Å². The summed E-state index contributed by atoms with van der Waals surface area (Å²) in [6.07, 6.45) is 0. The minimum atomic E-state index is -0.653. The fourth-order valence-corrected chi connectivity index (χ4v) is 1.97. The molecule has 2 rings (SSSR count). The molecule has 2 N–H and O–H groups in total. The third kappa shape index (κ3) is 6.42. The maximum Gasteiger partial charge on any atom is 0.115 e. The molecule has 0 aliphatic rings. The molecule has 0 unspecified atom stereocenters. The van der Waals surface area contributed by atoms with Crippen molar-refractivity contribution >= 4 is 5.84 Å². The zero-order valence-corrected chi connectivity index (χ0v) is 16.4. The molecule has 0 aliphatic carbocycles. The van der Waals surface area contributed by atoms with E-state index in [1.165, 1.54) is 0 Å². The molecule has 0 bridgehead atoms. The second-order valence-electron chi connectivity index (χ2n) is 5.70. The van der Waals surface area contributed by atoms with Gasteiger partial charge >= 0.3 is 0 Å². The van der Waals surface area contributed by atoms with Crippen molar-refractivity contribution in [2.24, 2.45) is 4.99 Å². The monoisotopic (exact) mass is 384 g/mol. The molecular weight excluding hydrogens is 363 g/mol. The number of benzene rings is 2. The number of nitrogens with one attached hydrogen (secondary N) is 1. The Morgan fingerprint density at radius 2 is 1.74 bits per heavy atom. The molecule has 0 saturated carbocycles. The molecule has 119 valence electrons. The Bertz CT molecular complexity index is 642. The number of aromatic hydroxyl groups is 1. The number of phenolic OH excluding ortho intramolecular Hbond substituents is 1. The van der Waals surface area contributed by atoms with Crippen LogP contribution in [0.5, 0.6) is 5.75 Å². The van der Waals surface area contributed by atoms with E-state index in [1.54, 1.807) is 18.2 Å². The van der Waals surface area contributed by atoms with Crippen molar-refractivity contribution < 1.29 is 37.8 Å². The van der Waals surface area contributed by atoms with Crippen molar-refractivity contribution in [3.05, 3.63) is 76.8 Å². The summed E-state index contributed by atoms with van der Waals surface area (Å²) >= 11 is 0. The summed E-state index contributed by atoms with van der Waals surface area (Å²) in [5.74, 6) is 0.492. The third-order valence-electron chi connectivity index (χ3n) is 3.41. The Kier molecular flexibility index (Phi) is 7.90. The van der Waals surface area contributed by atoms with Crippen molar-refractivity contribution in [2.45, 2.75) is 32.5 Å². The number of rotatable bonds is 6. The van der Waals surface area contributed by atoms with E-state index in [0.29, 0.717) is 13.1 Å². The average Bonchev–Trinajstić information content (AvgIpc) is 2.52. The van der Waals surface area contributed by atoms with Gasteiger partial charge in [-0.25, -0.2) is 0 Å². The van der Waals surface area contributed by atoms with E-state index >= 15 is 0 Å². The van der Waals surface area contributed by atoms with Gasteiger partial charge in [0.15, 0.2) is 0 Å². The Morgan fingerprint density at radius 1 is 1.09 bits per heavy atom. The maximum absolute atomic E-state index is 9.46. The molecular formula is C18H21N3OY-2. The van der Waals surface area contributed by atoms with Gasteiger partial charge in [-0.1, -0.05) is 61.9 Å². The molecule has 0 heterocycles.